The van der Waals surface area contributed by atoms with E-state index in [1.165, 1.54) is 28.4 Å². The van der Waals surface area contributed by atoms with Crippen molar-refractivity contribution in [1.29, 1.82) is 0 Å². The van der Waals surface area contributed by atoms with Crippen LogP contribution >= 0.6 is 11.3 Å². The second-order valence-electron chi connectivity index (χ2n) is 6.83. The van der Waals surface area contributed by atoms with Crippen LogP contribution in [0.15, 0.2) is 60.5 Å². The predicted octanol–water partition coefficient (Wildman–Crippen LogP) is 3.32. The molecule has 5 rings (SSSR count). The van der Waals surface area contributed by atoms with Gasteiger partial charge in [-0.2, -0.15) is 0 Å². The van der Waals surface area contributed by atoms with Crippen LogP contribution in [0, 0.1) is 5.82 Å². The lowest BCUT2D eigenvalue weighted by Gasteiger charge is -2.14. The van der Waals surface area contributed by atoms with Crippen molar-refractivity contribution in [2.75, 3.05) is 18.5 Å². The van der Waals surface area contributed by atoms with Crippen LogP contribution in [0.4, 0.5) is 9.52 Å². The highest BCUT2D eigenvalue weighted by atomic mass is 32.1. The summed E-state index contributed by atoms with van der Waals surface area (Å²) in [5, 5.41) is 2.29. The van der Waals surface area contributed by atoms with Gasteiger partial charge in [0.05, 0.1) is 17.5 Å². The number of fused-ring (bicyclic) bond motifs is 1. The second-order valence-corrected chi connectivity index (χ2v) is 7.70. The highest BCUT2D eigenvalue weighted by Crippen LogP contribution is 2.26. The molecule has 0 atom stereocenters. The zero-order valence-corrected chi connectivity index (χ0v) is 16.8. The third kappa shape index (κ3) is 3.14. The van der Waals surface area contributed by atoms with Gasteiger partial charge in [0.15, 0.2) is 5.13 Å². The van der Waals surface area contributed by atoms with Crippen LogP contribution in [0.5, 0.6) is 0 Å². The minimum Gasteiger partial charge on any atom is -0.328 e. The Morgan fingerprint density at radius 2 is 2.10 bits per heavy atom. The van der Waals surface area contributed by atoms with Crippen LogP contribution in [0.3, 0.4) is 0 Å². The fourth-order valence-corrected chi connectivity index (χ4v) is 4.01. The van der Waals surface area contributed by atoms with Gasteiger partial charge in [-0.1, -0.05) is 6.07 Å². The molecule has 0 fully saturated rings. The quantitative estimate of drug-likeness (QED) is 0.530. The molecule has 0 aliphatic carbocycles. The molecule has 30 heavy (non-hydrogen) atoms. The first-order valence-corrected chi connectivity index (χ1v) is 10.1. The number of thiazole rings is 1. The topological polar surface area (TPSA) is 74.6 Å². The molecule has 2 N–H and O–H groups in total. The lowest BCUT2D eigenvalue weighted by Crippen LogP contribution is -2.26. The number of anilines is 1. The van der Waals surface area contributed by atoms with E-state index in [1.54, 1.807) is 30.9 Å². The Kier molecular flexibility index (Phi) is 4.53. The van der Waals surface area contributed by atoms with Crippen molar-refractivity contribution in [3.63, 3.8) is 0 Å². The van der Waals surface area contributed by atoms with E-state index in [0.717, 1.165) is 22.5 Å². The summed E-state index contributed by atoms with van der Waals surface area (Å²) in [6.07, 6.45) is 7.20. The average molecular weight is 420 g/mol. The van der Waals surface area contributed by atoms with Crippen LogP contribution in [0.2, 0.25) is 0 Å². The van der Waals surface area contributed by atoms with Gasteiger partial charge in [0.1, 0.15) is 11.5 Å². The molecule has 0 saturated carbocycles. The molecule has 0 saturated heterocycles. The first-order chi connectivity index (χ1) is 14.6. The van der Waals surface area contributed by atoms with Crippen molar-refractivity contribution in [2.45, 2.75) is 0 Å². The van der Waals surface area contributed by atoms with E-state index in [4.69, 9.17) is 0 Å². The van der Waals surface area contributed by atoms with Gasteiger partial charge in [0.2, 0.25) is 0 Å². The normalized spacial score (nSPS) is 13.3. The number of imidazole rings is 1. The molecule has 0 spiro atoms. The number of amides is 1. The molecule has 7 nitrogen and oxygen atoms in total. The van der Waals surface area contributed by atoms with E-state index in [-0.39, 0.29) is 5.56 Å². The fourth-order valence-electron chi connectivity index (χ4n) is 3.40. The number of hydrogen-bond acceptors (Lipinski definition) is 6. The summed E-state index contributed by atoms with van der Waals surface area (Å²) in [6.45, 7) is 0.716. The van der Waals surface area contributed by atoms with E-state index in [9.17, 15) is 9.18 Å². The summed E-state index contributed by atoms with van der Waals surface area (Å²) in [6, 6.07) is 8.55. The summed E-state index contributed by atoms with van der Waals surface area (Å²) in [5.74, 6) is -1.03. The van der Waals surface area contributed by atoms with E-state index in [0.29, 0.717) is 17.2 Å². The van der Waals surface area contributed by atoms with Gasteiger partial charge in [-0.15, -0.1) is 11.3 Å². The number of nitrogens with one attached hydrogen (secondary N) is 2. The molecule has 150 valence electrons. The summed E-state index contributed by atoms with van der Waals surface area (Å²) in [7, 11) is 1.59. The molecule has 4 aromatic rings. The van der Waals surface area contributed by atoms with Crippen LogP contribution in [0.1, 0.15) is 15.9 Å². The number of carbonyl (C=O) groups excluding carboxylic acids is 1. The molecule has 0 bridgehead atoms. The van der Waals surface area contributed by atoms with Crippen LogP contribution in [0.25, 0.3) is 22.5 Å². The number of rotatable bonds is 4. The molecule has 1 aromatic carbocycles. The Labute approximate surface area is 175 Å². The van der Waals surface area contributed by atoms with Crippen LogP contribution in [-0.4, -0.2) is 33.9 Å². The smallest absolute Gasteiger partial charge is 0.262 e. The number of hydrogen-bond donors (Lipinski definition) is 2. The van der Waals surface area contributed by atoms with Crippen molar-refractivity contribution in [2.24, 2.45) is 0 Å². The Morgan fingerprint density at radius 1 is 1.23 bits per heavy atom. The standard InChI is InChI=1S/C21H17FN6OS/c1-27(21-23-6-7-30-21)20(29)16-4-2-13(8-17(16)22)18-11-24-19-5-3-14(12-28(18)19)15-9-25-26-10-15/h2-9,11-12,25-26H,10H2,1H3. The van der Waals surface area contributed by atoms with E-state index in [1.807, 2.05) is 28.9 Å². The van der Waals surface area contributed by atoms with Crippen molar-refractivity contribution >= 4 is 33.6 Å². The highest BCUT2D eigenvalue weighted by molar-refractivity contribution is 7.13. The van der Waals surface area contributed by atoms with Crippen molar-refractivity contribution < 1.29 is 9.18 Å². The Hall–Kier alpha value is -3.56. The van der Waals surface area contributed by atoms with Gasteiger partial charge in [0.25, 0.3) is 5.91 Å². The lowest BCUT2D eigenvalue weighted by atomic mass is 10.1. The van der Waals surface area contributed by atoms with Gasteiger partial charge >= 0.3 is 0 Å². The SMILES string of the molecule is CN(C(=O)c1ccc(-c2cnc3ccc(C4=CNNC4)cn23)cc1F)c1nccs1. The first kappa shape index (κ1) is 18.5. The number of benzene rings is 1. The van der Waals surface area contributed by atoms with Crippen molar-refractivity contribution in [3.8, 4) is 11.3 Å². The zero-order chi connectivity index (χ0) is 20.7. The molecule has 3 aromatic heterocycles. The van der Waals surface area contributed by atoms with E-state index >= 15 is 0 Å². The minimum atomic E-state index is -0.584. The maximum absolute atomic E-state index is 14.9. The van der Waals surface area contributed by atoms with Gasteiger partial charge in [-0.3, -0.25) is 14.1 Å². The summed E-state index contributed by atoms with van der Waals surface area (Å²) in [4.78, 5) is 22.6. The number of nitrogens with zero attached hydrogens (tertiary/aromatic N) is 4. The second kappa shape index (κ2) is 7.36. The van der Waals surface area contributed by atoms with Gasteiger partial charge < -0.3 is 5.43 Å². The van der Waals surface area contributed by atoms with Crippen molar-refractivity contribution in [3.05, 3.63) is 77.4 Å². The summed E-state index contributed by atoms with van der Waals surface area (Å²) >= 11 is 1.32. The summed E-state index contributed by atoms with van der Waals surface area (Å²) < 4.78 is 16.8. The molecule has 9 heteroatoms. The Morgan fingerprint density at radius 3 is 2.83 bits per heavy atom. The van der Waals surface area contributed by atoms with E-state index < -0.39 is 11.7 Å². The maximum atomic E-state index is 14.9. The molecule has 0 unspecified atom stereocenters. The number of aromatic nitrogens is 3. The number of halogens is 1. The van der Waals surface area contributed by atoms with Gasteiger partial charge in [-0.05, 0) is 35.4 Å². The van der Waals surface area contributed by atoms with Crippen LogP contribution in [-0.2, 0) is 0 Å². The zero-order valence-electron chi connectivity index (χ0n) is 16.0. The first-order valence-electron chi connectivity index (χ1n) is 9.24. The Bertz CT molecular complexity index is 1280. The van der Waals surface area contributed by atoms with E-state index in [2.05, 4.69) is 20.8 Å². The average Bonchev–Trinajstić information content (AvgIpc) is 3.53. The highest BCUT2D eigenvalue weighted by Gasteiger charge is 2.20. The van der Waals surface area contributed by atoms with Gasteiger partial charge in [0, 0.05) is 43.1 Å². The third-order valence-electron chi connectivity index (χ3n) is 5.01. The molecule has 1 amide bonds. The molecule has 1 aliphatic heterocycles. The molecule has 0 radical (unpaired) electrons. The molecule has 4 heterocycles. The molecular formula is C21H17FN6OS. The number of carbonyl (C=O) groups is 1. The Balaban J connectivity index is 1.50. The molecular weight excluding hydrogens is 403 g/mol. The third-order valence-corrected chi connectivity index (χ3v) is 5.86. The summed E-state index contributed by atoms with van der Waals surface area (Å²) in [5.41, 5.74) is 10.3. The lowest BCUT2D eigenvalue weighted by molar-refractivity contribution is 0.0989. The number of pyridine rings is 1. The minimum absolute atomic E-state index is 0.000722. The molecule has 1 aliphatic rings. The monoisotopic (exact) mass is 420 g/mol. The fraction of sp³-hybridized carbons (Fsp3) is 0.0952. The van der Waals surface area contributed by atoms with Crippen LogP contribution < -0.4 is 15.8 Å². The maximum Gasteiger partial charge on any atom is 0.262 e. The predicted molar refractivity (Wildman–Crippen MR) is 115 cm³/mol. The van der Waals surface area contributed by atoms with Crippen molar-refractivity contribution in [1.82, 2.24) is 25.2 Å². The van der Waals surface area contributed by atoms with Gasteiger partial charge in [-0.25, -0.2) is 19.8 Å². The number of hydrazine groups is 1. The largest absolute Gasteiger partial charge is 0.328 e.